The van der Waals surface area contributed by atoms with Crippen molar-refractivity contribution in [3.05, 3.63) is 46.3 Å². The molecular formula is C12H11ClN4. The molecule has 4 nitrogen and oxygen atoms in total. The van der Waals surface area contributed by atoms with Crippen molar-refractivity contribution in [1.82, 2.24) is 15.4 Å². The van der Waals surface area contributed by atoms with Crippen LogP contribution in [0.15, 0.2) is 18.2 Å². The van der Waals surface area contributed by atoms with Gasteiger partial charge in [-0.25, -0.2) is 0 Å². The Morgan fingerprint density at radius 1 is 1.47 bits per heavy atom. The Bertz CT molecular complexity index is 568. The molecule has 1 aromatic heterocycles. The molecule has 5 heteroatoms. The third kappa shape index (κ3) is 2.45. The molecule has 17 heavy (non-hydrogen) atoms. The molecule has 0 aliphatic rings. The molecule has 1 N–H and O–H groups in total. The number of alkyl halides is 1. The molecule has 1 aromatic carbocycles. The lowest BCUT2D eigenvalue weighted by atomic mass is 10.0. The number of nitriles is 1. The summed E-state index contributed by atoms with van der Waals surface area (Å²) in [4.78, 5) is 0. The largest absolute Gasteiger partial charge is 0.262 e. The van der Waals surface area contributed by atoms with Crippen molar-refractivity contribution in [2.45, 2.75) is 19.2 Å². The third-order valence-corrected chi connectivity index (χ3v) is 2.91. The van der Waals surface area contributed by atoms with Gasteiger partial charge < -0.3 is 0 Å². The Labute approximate surface area is 104 Å². The van der Waals surface area contributed by atoms with Crippen LogP contribution in [0, 0.1) is 18.3 Å². The van der Waals surface area contributed by atoms with Crippen molar-refractivity contribution in [2.24, 2.45) is 0 Å². The number of benzene rings is 1. The van der Waals surface area contributed by atoms with E-state index in [4.69, 9.17) is 16.9 Å². The predicted molar refractivity (Wildman–Crippen MR) is 64.6 cm³/mol. The highest BCUT2D eigenvalue weighted by Crippen LogP contribution is 2.16. The highest BCUT2D eigenvalue weighted by molar-refractivity contribution is 6.17. The van der Waals surface area contributed by atoms with E-state index in [1.807, 2.05) is 19.1 Å². The van der Waals surface area contributed by atoms with Gasteiger partial charge in [0.1, 0.15) is 0 Å². The number of aryl methyl sites for hydroxylation is 1. The summed E-state index contributed by atoms with van der Waals surface area (Å²) >= 11 is 5.81. The van der Waals surface area contributed by atoms with Gasteiger partial charge in [0, 0.05) is 12.3 Å². The summed E-state index contributed by atoms with van der Waals surface area (Å²) in [5.74, 6) is 0.342. The maximum atomic E-state index is 8.91. The van der Waals surface area contributed by atoms with Crippen molar-refractivity contribution >= 4 is 11.6 Å². The first-order valence-electron chi connectivity index (χ1n) is 5.19. The van der Waals surface area contributed by atoms with Crippen LogP contribution >= 0.6 is 11.6 Å². The lowest BCUT2D eigenvalue weighted by Crippen LogP contribution is -1.94. The van der Waals surface area contributed by atoms with Gasteiger partial charge in [0.15, 0.2) is 0 Å². The normalized spacial score (nSPS) is 10.2. The molecule has 2 rings (SSSR count). The summed E-state index contributed by atoms with van der Waals surface area (Å²) < 4.78 is 0. The van der Waals surface area contributed by atoms with Crippen LogP contribution in [0.25, 0.3) is 0 Å². The Balaban J connectivity index is 2.29. The zero-order chi connectivity index (χ0) is 12.3. The minimum Gasteiger partial charge on any atom is -0.262 e. The number of halogens is 1. The maximum absolute atomic E-state index is 8.91. The van der Waals surface area contributed by atoms with E-state index in [2.05, 4.69) is 21.5 Å². The van der Waals surface area contributed by atoms with Crippen molar-refractivity contribution in [3.63, 3.8) is 0 Å². The number of hydrogen-bond acceptors (Lipinski definition) is 3. The smallest absolute Gasteiger partial charge is 0.0994 e. The Morgan fingerprint density at radius 2 is 2.29 bits per heavy atom. The average Bonchev–Trinajstić information content (AvgIpc) is 2.75. The highest BCUT2D eigenvalue weighted by Gasteiger charge is 2.07. The van der Waals surface area contributed by atoms with E-state index in [1.165, 1.54) is 0 Å². The summed E-state index contributed by atoms with van der Waals surface area (Å²) in [5.41, 5.74) is 4.43. The molecule has 0 aliphatic heterocycles. The fourth-order valence-electron chi connectivity index (χ4n) is 1.64. The van der Waals surface area contributed by atoms with Crippen LogP contribution in [0.3, 0.4) is 0 Å². The van der Waals surface area contributed by atoms with Crippen molar-refractivity contribution < 1.29 is 0 Å². The predicted octanol–water partition coefficient (Wildman–Crippen LogP) is 2.31. The lowest BCUT2D eigenvalue weighted by Gasteiger charge is -2.04. The molecule has 86 valence electrons. The SMILES string of the molecule is Cc1[nH]nnc1Cc1ccc(C#N)c(CCl)c1. The monoisotopic (exact) mass is 246 g/mol. The number of aromatic amines is 1. The maximum Gasteiger partial charge on any atom is 0.0994 e. The Hall–Kier alpha value is -1.86. The van der Waals surface area contributed by atoms with E-state index in [0.29, 0.717) is 17.9 Å². The summed E-state index contributed by atoms with van der Waals surface area (Å²) in [7, 11) is 0. The molecule has 0 saturated heterocycles. The Morgan fingerprint density at radius 3 is 2.88 bits per heavy atom. The second kappa shape index (κ2) is 4.98. The number of hydrogen-bond donors (Lipinski definition) is 1. The van der Waals surface area contributed by atoms with Gasteiger partial charge in [-0.3, -0.25) is 5.10 Å². The van der Waals surface area contributed by atoms with Crippen LogP contribution in [0.5, 0.6) is 0 Å². The molecule has 0 spiro atoms. The zero-order valence-corrected chi connectivity index (χ0v) is 10.1. The summed E-state index contributed by atoms with van der Waals surface area (Å²) in [6.07, 6.45) is 0.692. The second-order valence-electron chi connectivity index (χ2n) is 3.80. The summed E-state index contributed by atoms with van der Waals surface area (Å²) in [6.45, 7) is 1.93. The van der Waals surface area contributed by atoms with Gasteiger partial charge in [-0.2, -0.15) is 5.26 Å². The number of rotatable bonds is 3. The quantitative estimate of drug-likeness (QED) is 0.846. The first-order chi connectivity index (χ1) is 8.24. The van der Waals surface area contributed by atoms with E-state index in [1.54, 1.807) is 6.07 Å². The average molecular weight is 247 g/mol. The fraction of sp³-hybridized carbons (Fsp3) is 0.250. The topological polar surface area (TPSA) is 65.4 Å². The number of nitrogens with zero attached hydrogens (tertiary/aromatic N) is 3. The second-order valence-corrected chi connectivity index (χ2v) is 4.06. The number of aromatic nitrogens is 3. The molecule has 2 aromatic rings. The molecule has 0 bridgehead atoms. The zero-order valence-electron chi connectivity index (χ0n) is 9.37. The van der Waals surface area contributed by atoms with Crippen LogP contribution in [0.1, 0.15) is 28.1 Å². The molecule has 0 saturated carbocycles. The lowest BCUT2D eigenvalue weighted by molar-refractivity contribution is 0.911. The van der Waals surface area contributed by atoms with Crippen molar-refractivity contribution in [2.75, 3.05) is 0 Å². The van der Waals surface area contributed by atoms with E-state index in [0.717, 1.165) is 22.5 Å². The van der Waals surface area contributed by atoms with E-state index < -0.39 is 0 Å². The molecule has 0 amide bonds. The van der Waals surface area contributed by atoms with Gasteiger partial charge in [0.2, 0.25) is 0 Å². The molecule has 0 aliphatic carbocycles. The van der Waals surface area contributed by atoms with Gasteiger partial charge >= 0.3 is 0 Å². The minimum atomic E-state index is 0.342. The van der Waals surface area contributed by atoms with Crippen molar-refractivity contribution in [3.8, 4) is 6.07 Å². The van der Waals surface area contributed by atoms with Crippen LogP contribution in [0.4, 0.5) is 0 Å². The molecule has 0 unspecified atom stereocenters. The highest BCUT2D eigenvalue weighted by atomic mass is 35.5. The van der Waals surface area contributed by atoms with Gasteiger partial charge in [-0.15, -0.1) is 16.7 Å². The first-order valence-corrected chi connectivity index (χ1v) is 5.72. The molecule has 0 radical (unpaired) electrons. The molecule has 0 fully saturated rings. The third-order valence-electron chi connectivity index (χ3n) is 2.63. The fourth-order valence-corrected chi connectivity index (χ4v) is 1.86. The van der Waals surface area contributed by atoms with Gasteiger partial charge in [0.05, 0.1) is 23.0 Å². The number of nitrogens with one attached hydrogen (secondary N) is 1. The van der Waals surface area contributed by atoms with Crippen LogP contribution in [-0.2, 0) is 12.3 Å². The molecular weight excluding hydrogens is 236 g/mol. The minimum absolute atomic E-state index is 0.342. The summed E-state index contributed by atoms with van der Waals surface area (Å²) in [6, 6.07) is 7.78. The van der Waals surface area contributed by atoms with Gasteiger partial charge in [-0.1, -0.05) is 17.3 Å². The van der Waals surface area contributed by atoms with Gasteiger partial charge in [0.25, 0.3) is 0 Å². The van der Waals surface area contributed by atoms with Crippen LogP contribution in [-0.4, -0.2) is 15.4 Å². The first kappa shape index (κ1) is 11.6. The van der Waals surface area contributed by atoms with Crippen LogP contribution in [0.2, 0.25) is 0 Å². The van der Waals surface area contributed by atoms with Crippen LogP contribution < -0.4 is 0 Å². The van der Waals surface area contributed by atoms with E-state index in [-0.39, 0.29) is 0 Å². The van der Waals surface area contributed by atoms with Crippen molar-refractivity contribution in [1.29, 1.82) is 5.26 Å². The van der Waals surface area contributed by atoms with E-state index >= 15 is 0 Å². The van der Waals surface area contributed by atoms with Gasteiger partial charge in [-0.05, 0) is 24.1 Å². The standard InChI is InChI=1S/C12H11ClN4/c1-8-12(16-17-15-8)5-9-2-3-10(7-14)11(4-9)6-13/h2-4H,5-6H2,1H3,(H,15,16,17). The number of H-pyrrole nitrogens is 1. The summed E-state index contributed by atoms with van der Waals surface area (Å²) in [5, 5.41) is 19.5. The molecule has 0 atom stereocenters. The van der Waals surface area contributed by atoms with E-state index in [9.17, 15) is 0 Å². The Kier molecular flexibility index (Phi) is 3.40. The molecule has 1 heterocycles.